The van der Waals surface area contributed by atoms with E-state index in [9.17, 15) is 0 Å². The van der Waals surface area contributed by atoms with E-state index in [0.717, 1.165) is 22.1 Å². The molecule has 0 amide bonds. The van der Waals surface area contributed by atoms with Gasteiger partial charge in [0.15, 0.2) is 5.65 Å². The smallest absolute Gasteiger partial charge is 0.243 e. The summed E-state index contributed by atoms with van der Waals surface area (Å²) >= 11 is 15.5. The molecule has 2 heterocycles. The lowest BCUT2D eigenvalue weighted by molar-refractivity contribution is 0.936. The monoisotopic (exact) mass is 384 g/mol. The van der Waals surface area contributed by atoms with Crippen LogP contribution in [0.15, 0.2) is 41.0 Å². The summed E-state index contributed by atoms with van der Waals surface area (Å²) in [6.07, 6.45) is 2.63. The molecule has 0 saturated carbocycles. The van der Waals surface area contributed by atoms with Gasteiger partial charge in [-0.1, -0.05) is 29.3 Å². The molecule has 0 saturated heterocycles. The molecule has 4 nitrogen and oxygen atoms in total. The lowest BCUT2D eigenvalue weighted by Gasteiger charge is -2.05. The average molecular weight is 386 g/mol. The van der Waals surface area contributed by atoms with Crippen LogP contribution in [0.5, 0.6) is 0 Å². The number of pyridine rings is 1. The summed E-state index contributed by atoms with van der Waals surface area (Å²) < 4.78 is 2.63. The second kappa shape index (κ2) is 6.22. The van der Waals surface area contributed by atoms with Gasteiger partial charge in [-0.2, -0.15) is 4.98 Å². The first-order chi connectivity index (χ1) is 10.1. The Balaban J connectivity index is 1.68. The first-order valence-electron chi connectivity index (χ1n) is 6.32. The number of rotatable bonds is 4. The van der Waals surface area contributed by atoms with Crippen molar-refractivity contribution in [3.63, 3.8) is 0 Å². The second-order valence-corrected chi connectivity index (χ2v) is 6.17. The summed E-state index contributed by atoms with van der Waals surface area (Å²) in [7, 11) is 0. The van der Waals surface area contributed by atoms with Gasteiger partial charge in [0.2, 0.25) is 5.95 Å². The van der Waals surface area contributed by atoms with Crippen LogP contribution < -0.4 is 5.32 Å². The Bertz CT molecular complexity index is 788. The summed E-state index contributed by atoms with van der Waals surface area (Å²) in [5.41, 5.74) is 1.82. The largest absolute Gasteiger partial charge is 0.353 e. The molecule has 2 aromatic heterocycles. The van der Waals surface area contributed by atoms with Crippen molar-refractivity contribution in [2.75, 3.05) is 11.9 Å². The number of nitrogens with one attached hydrogen (secondary N) is 1. The van der Waals surface area contributed by atoms with Crippen molar-refractivity contribution >= 4 is 50.7 Å². The molecule has 21 heavy (non-hydrogen) atoms. The molecule has 0 bridgehead atoms. The quantitative estimate of drug-likeness (QED) is 0.721. The van der Waals surface area contributed by atoms with Crippen LogP contribution in [0.25, 0.3) is 5.65 Å². The lowest BCUT2D eigenvalue weighted by Crippen LogP contribution is -2.06. The number of benzene rings is 1. The fraction of sp³-hybridized carbons (Fsp3) is 0.143. The van der Waals surface area contributed by atoms with Crippen LogP contribution in [0.1, 0.15) is 5.56 Å². The highest BCUT2D eigenvalue weighted by Crippen LogP contribution is 2.21. The van der Waals surface area contributed by atoms with Gasteiger partial charge in [0, 0.05) is 22.8 Å². The van der Waals surface area contributed by atoms with Gasteiger partial charge in [0.1, 0.15) is 0 Å². The van der Waals surface area contributed by atoms with Gasteiger partial charge in [-0.3, -0.25) is 0 Å². The molecule has 0 atom stereocenters. The van der Waals surface area contributed by atoms with Crippen molar-refractivity contribution < 1.29 is 0 Å². The predicted molar refractivity (Wildman–Crippen MR) is 89.3 cm³/mol. The average Bonchev–Trinajstić information content (AvgIpc) is 2.86. The van der Waals surface area contributed by atoms with Gasteiger partial charge < -0.3 is 5.32 Å². The molecular formula is C14H11BrCl2N4. The zero-order valence-electron chi connectivity index (χ0n) is 10.9. The third-order valence-electron chi connectivity index (χ3n) is 3.01. The highest BCUT2D eigenvalue weighted by atomic mass is 79.9. The molecule has 108 valence electrons. The standard InChI is InChI=1S/C14H11BrCl2N4/c15-11-2-1-7-21-13(11)19-14(20-21)18-6-5-9-3-4-10(16)8-12(9)17/h1-4,7-8H,5-6H2,(H,18,20). The molecule has 0 spiro atoms. The summed E-state index contributed by atoms with van der Waals surface area (Å²) in [5.74, 6) is 0.590. The lowest BCUT2D eigenvalue weighted by atomic mass is 10.1. The van der Waals surface area contributed by atoms with Gasteiger partial charge in [0.25, 0.3) is 0 Å². The van der Waals surface area contributed by atoms with E-state index in [2.05, 4.69) is 31.3 Å². The fourth-order valence-electron chi connectivity index (χ4n) is 1.98. The first-order valence-corrected chi connectivity index (χ1v) is 7.87. The molecule has 0 fully saturated rings. The fourth-order valence-corrected chi connectivity index (χ4v) is 2.91. The van der Waals surface area contributed by atoms with Gasteiger partial charge >= 0.3 is 0 Å². The molecule has 0 aliphatic carbocycles. The summed E-state index contributed by atoms with van der Waals surface area (Å²) in [6.45, 7) is 0.690. The normalized spacial score (nSPS) is 11.0. The molecule has 0 aliphatic rings. The number of nitrogens with zero attached hydrogens (tertiary/aromatic N) is 3. The topological polar surface area (TPSA) is 42.2 Å². The highest BCUT2D eigenvalue weighted by Gasteiger charge is 2.06. The van der Waals surface area contributed by atoms with Crippen molar-refractivity contribution in [1.29, 1.82) is 0 Å². The molecule has 7 heteroatoms. The van der Waals surface area contributed by atoms with Crippen LogP contribution in [0.4, 0.5) is 5.95 Å². The Morgan fingerprint density at radius 1 is 1.24 bits per heavy atom. The molecule has 1 aromatic carbocycles. The van der Waals surface area contributed by atoms with E-state index in [0.29, 0.717) is 22.5 Å². The maximum absolute atomic E-state index is 6.14. The molecule has 0 aliphatic heterocycles. The van der Waals surface area contributed by atoms with Crippen LogP contribution in [0.2, 0.25) is 10.0 Å². The zero-order chi connectivity index (χ0) is 14.8. The Morgan fingerprint density at radius 2 is 2.10 bits per heavy atom. The Hall–Kier alpha value is -1.30. The summed E-state index contributed by atoms with van der Waals surface area (Å²) in [6, 6.07) is 9.35. The van der Waals surface area contributed by atoms with E-state index in [1.54, 1.807) is 10.6 Å². The van der Waals surface area contributed by atoms with Crippen molar-refractivity contribution in [2.45, 2.75) is 6.42 Å². The number of anilines is 1. The number of hydrogen-bond acceptors (Lipinski definition) is 3. The van der Waals surface area contributed by atoms with Crippen LogP contribution in [0.3, 0.4) is 0 Å². The third kappa shape index (κ3) is 3.31. The Morgan fingerprint density at radius 3 is 2.86 bits per heavy atom. The van der Waals surface area contributed by atoms with Crippen molar-refractivity contribution in [2.24, 2.45) is 0 Å². The minimum absolute atomic E-state index is 0.590. The molecular weight excluding hydrogens is 375 g/mol. The first kappa shape index (κ1) is 14.6. The molecule has 0 unspecified atom stereocenters. The van der Waals surface area contributed by atoms with Crippen molar-refractivity contribution in [3.8, 4) is 0 Å². The molecule has 3 rings (SSSR count). The Labute approximate surface area is 140 Å². The molecule has 1 N–H and O–H groups in total. The van der Waals surface area contributed by atoms with Crippen molar-refractivity contribution in [3.05, 3.63) is 56.6 Å². The van der Waals surface area contributed by atoms with E-state index < -0.39 is 0 Å². The van der Waals surface area contributed by atoms with Crippen LogP contribution in [-0.2, 0) is 6.42 Å². The van der Waals surface area contributed by atoms with E-state index in [-0.39, 0.29) is 0 Å². The van der Waals surface area contributed by atoms with Crippen LogP contribution in [0, 0.1) is 0 Å². The highest BCUT2D eigenvalue weighted by molar-refractivity contribution is 9.10. The minimum Gasteiger partial charge on any atom is -0.353 e. The molecule has 3 aromatic rings. The summed E-state index contributed by atoms with van der Waals surface area (Å²) in [4.78, 5) is 4.42. The number of halogens is 3. The predicted octanol–water partition coefficient (Wildman–Crippen LogP) is 4.45. The van der Waals surface area contributed by atoms with Gasteiger partial charge in [-0.15, -0.1) is 5.10 Å². The Kier molecular flexibility index (Phi) is 4.33. The third-order valence-corrected chi connectivity index (χ3v) is 4.21. The number of hydrogen-bond donors (Lipinski definition) is 1. The van der Waals surface area contributed by atoms with E-state index >= 15 is 0 Å². The van der Waals surface area contributed by atoms with Gasteiger partial charge in [-0.05, 0) is 52.2 Å². The van der Waals surface area contributed by atoms with E-state index in [1.165, 1.54) is 0 Å². The maximum atomic E-state index is 6.14. The van der Waals surface area contributed by atoms with Crippen LogP contribution >= 0.6 is 39.1 Å². The van der Waals surface area contributed by atoms with Gasteiger partial charge in [-0.25, -0.2) is 4.52 Å². The van der Waals surface area contributed by atoms with Crippen LogP contribution in [-0.4, -0.2) is 21.1 Å². The van der Waals surface area contributed by atoms with E-state index in [4.69, 9.17) is 23.2 Å². The minimum atomic E-state index is 0.590. The zero-order valence-corrected chi connectivity index (χ0v) is 14.0. The van der Waals surface area contributed by atoms with Gasteiger partial charge in [0.05, 0.1) is 4.47 Å². The van der Waals surface area contributed by atoms with Crippen molar-refractivity contribution in [1.82, 2.24) is 14.6 Å². The SMILES string of the molecule is Clc1ccc(CCNc2nc3c(Br)cccn3n2)c(Cl)c1. The second-order valence-electron chi connectivity index (χ2n) is 4.47. The number of fused-ring (bicyclic) bond motifs is 1. The molecule has 0 radical (unpaired) electrons. The van der Waals surface area contributed by atoms with E-state index in [1.807, 2.05) is 30.5 Å². The summed E-state index contributed by atoms with van der Waals surface area (Å²) in [5, 5.41) is 8.87. The maximum Gasteiger partial charge on any atom is 0.243 e. The number of aromatic nitrogens is 3.